The molecule has 1 unspecified atom stereocenters. The number of phenols is 1. The summed E-state index contributed by atoms with van der Waals surface area (Å²) in [5, 5.41) is 19.7. The van der Waals surface area contributed by atoms with Gasteiger partial charge in [0.2, 0.25) is 0 Å². The number of rotatable bonds is 1. The van der Waals surface area contributed by atoms with Crippen molar-refractivity contribution >= 4 is 15.9 Å². The van der Waals surface area contributed by atoms with Crippen molar-refractivity contribution in [1.29, 1.82) is 0 Å². The van der Waals surface area contributed by atoms with E-state index in [0.29, 0.717) is 23.3 Å². The van der Waals surface area contributed by atoms with E-state index in [1.807, 2.05) is 6.07 Å². The molecule has 3 nitrogen and oxygen atoms in total. The molecule has 0 bridgehead atoms. The summed E-state index contributed by atoms with van der Waals surface area (Å²) in [6, 6.07) is 9.17. The third kappa shape index (κ3) is 2.51. The van der Waals surface area contributed by atoms with Crippen LogP contribution >= 0.6 is 15.9 Å². The van der Waals surface area contributed by atoms with Gasteiger partial charge in [-0.25, -0.2) is 4.39 Å². The lowest BCUT2D eigenvalue weighted by Gasteiger charge is -2.30. The number of halogens is 2. The second-order valence-electron chi connectivity index (χ2n) is 4.78. The molecule has 20 heavy (non-hydrogen) atoms. The van der Waals surface area contributed by atoms with Gasteiger partial charge in [0.25, 0.3) is 0 Å². The van der Waals surface area contributed by atoms with Crippen molar-refractivity contribution in [3.63, 3.8) is 0 Å². The van der Waals surface area contributed by atoms with Gasteiger partial charge in [-0.15, -0.1) is 0 Å². The molecular formula is C15H12BrFO3. The molecule has 0 amide bonds. The highest BCUT2D eigenvalue weighted by atomic mass is 79.9. The van der Waals surface area contributed by atoms with Gasteiger partial charge in [-0.05, 0) is 35.9 Å². The van der Waals surface area contributed by atoms with Crippen LogP contribution in [0.25, 0.3) is 0 Å². The van der Waals surface area contributed by atoms with Crippen LogP contribution in [0.4, 0.5) is 4.39 Å². The third-order valence-corrected chi connectivity index (χ3v) is 3.81. The average Bonchev–Trinajstić information content (AvgIpc) is 2.38. The molecule has 0 spiro atoms. The van der Waals surface area contributed by atoms with Crippen LogP contribution in [0.3, 0.4) is 0 Å². The minimum Gasteiger partial charge on any atom is -0.508 e. The molecule has 0 saturated heterocycles. The highest BCUT2D eigenvalue weighted by Crippen LogP contribution is 2.42. The molecule has 1 heterocycles. The van der Waals surface area contributed by atoms with Gasteiger partial charge in [0.05, 0.1) is 6.10 Å². The molecule has 0 fully saturated rings. The fraction of sp³-hybridized carbons (Fsp3) is 0.200. The van der Waals surface area contributed by atoms with Gasteiger partial charge in [0.1, 0.15) is 23.4 Å². The van der Waals surface area contributed by atoms with E-state index in [4.69, 9.17) is 4.74 Å². The van der Waals surface area contributed by atoms with Crippen LogP contribution in [-0.4, -0.2) is 10.2 Å². The normalized spacial score (nSPS) is 21.1. The summed E-state index contributed by atoms with van der Waals surface area (Å²) in [5.74, 6) is -0.111. The van der Waals surface area contributed by atoms with Gasteiger partial charge in [0, 0.05) is 22.5 Å². The van der Waals surface area contributed by atoms with Gasteiger partial charge in [-0.2, -0.15) is 0 Å². The first-order valence-electron chi connectivity index (χ1n) is 6.16. The Morgan fingerprint density at radius 1 is 1.20 bits per heavy atom. The number of ether oxygens (including phenoxy) is 1. The number of phenolic OH excluding ortho intramolecular Hbond substituents is 1. The topological polar surface area (TPSA) is 49.7 Å². The summed E-state index contributed by atoms with van der Waals surface area (Å²) in [4.78, 5) is 0. The Kier molecular flexibility index (Phi) is 3.40. The summed E-state index contributed by atoms with van der Waals surface area (Å²) >= 11 is 3.35. The Morgan fingerprint density at radius 3 is 2.75 bits per heavy atom. The zero-order valence-electron chi connectivity index (χ0n) is 10.4. The Balaban J connectivity index is 1.96. The summed E-state index contributed by atoms with van der Waals surface area (Å²) in [6.45, 7) is 0. The quantitative estimate of drug-likeness (QED) is 0.830. The largest absolute Gasteiger partial charge is 0.508 e. The molecule has 0 aromatic heterocycles. The minimum atomic E-state index is -0.688. The van der Waals surface area contributed by atoms with Crippen molar-refractivity contribution in [2.75, 3.05) is 0 Å². The zero-order chi connectivity index (χ0) is 14.3. The number of fused-ring (bicyclic) bond motifs is 1. The first kappa shape index (κ1) is 13.4. The molecule has 0 saturated carbocycles. The van der Waals surface area contributed by atoms with Gasteiger partial charge in [-0.1, -0.05) is 15.9 Å². The number of benzene rings is 2. The molecule has 2 aromatic rings. The lowest BCUT2D eigenvalue weighted by molar-refractivity contribution is 0.0654. The van der Waals surface area contributed by atoms with Crippen LogP contribution in [-0.2, 0) is 0 Å². The second-order valence-corrected chi connectivity index (χ2v) is 5.70. The van der Waals surface area contributed by atoms with Crippen molar-refractivity contribution in [3.8, 4) is 11.5 Å². The van der Waals surface area contributed by atoms with Crippen molar-refractivity contribution in [3.05, 3.63) is 57.8 Å². The predicted octanol–water partition coefficient (Wildman–Crippen LogP) is 3.85. The Labute approximate surface area is 123 Å². The maximum Gasteiger partial charge on any atom is 0.127 e. The van der Waals surface area contributed by atoms with E-state index in [1.165, 1.54) is 12.1 Å². The first-order valence-corrected chi connectivity index (χ1v) is 6.96. The molecule has 2 atom stereocenters. The van der Waals surface area contributed by atoms with E-state index in [2.05, 4.69) is 15.9 Å². The van der Waals surface area contributed by atoms with Crippen LogP contribution in [0, 0.1) is 5.82 Å². The standard InChI is InChI=1S/C15H12BrFO3/c16-9-1-2-14-12(5-9)13(19)7-15(20-14)8-3-10(17)6-11(18)4-8/h1-6,13,15,18-19H,7H2/t13-,15?/m0/s1. The third-order valence-electron chi connectivity index (χ3n) is 3.31. The number of hydrogen-bond acceptors (Lipinski definition) is 3. The molecule has 104 valence electrons. The number of hydrogen-bond donors (Lipinski definition) is 2. The molecule has 0 aliphatic carbocycles. The molecule has 3 rings (SSSR count). The number of aliphatic hydroxyl groups is 1. The van der Waals surface area contributed by atoms with Crippen molar-refractivity contribution < 1.29 is 19.3 Å². The maximum absolute atomic E-state index is 13.3. The first-order chi connectivity index (χ1) is 9.52. The molecular weight excluding hydrogens is 327 g/mol. The number of aromatic hydroxyl groups is 1. The molecule has 0 radical (unpaired) electrons. The SMILES string of the molecule is Oc1cc(F)cc(C2C[C@H](O)c3cc(Br)ccc3O2)c1. The van der Waals surface area contributed by atoms with E-state index in [0.717, 1.165) is 10.5 Å². The highest BCUT2D eigenvalue weighted by Gasteiger charge is 2.28. The lowest BCUT2D eigenvalue weighted by atomic mass is 9.95. The van der Waals surface area contributed by atoms with Crippen molar-refractivity contribution in [1.82, 2.24) is 0 Å². The Morgan fingerprint density at radius 2 is 2.00 bits per heavy atom. The molecule has 1 aliphatic rings. The monoisotopic (exact) mass is 338 g/mol. The molecule has 5 heteroatoms. The molecule has 1 aliphatic heterocycles. The van der Waals surface area contributed by atoms with Gasteiger partial charge in [0.15, 0.2) is 0 Å². The van der Waals surface area contributed by atoms with E-state index in [9.17, 15) is 14.6 Å². The van der Waals surface area contributed by atoms with E-state index < -0.39 is 18.0 Å². The fourth-order valence-electron chi connectivity index (χ4n) is 2.40. The van der Waals surface area contributed by atoms with Crippen LogP contribution in [0.2, 0.25) is 0 Å². The van der Waals surface area contributed by atoms with Crippen molar-refractivity contribution in [2.24, 2.45) is 0 Å². The van der Waals surface area contributed by atoms with Crippen LogP contribution in [0.15, 0.2) is 40.9 Å². The van der Waals surface area contributed by atoms with E-state index in [-0.39, 0.29) is 5.75 Å². The smallest absolute Gasteiger partial charge is 0.127 e. The van der Waals surface area contributed by atoms with Crippen LogP contribution < -0.4 is 4.74 Å². The molecule has 2 aromatic carbocycles. The summed E-state index contributed by atoms with van der Waals surface area (Å²) in [7, 11) is 0. The number of aliphatic hydroxyl groups excluding tert-OH is 1. The summed E-state index contributed by atoms with van der Waals surface area (Å²) in [6.07, 6.45) is -0.862. The molecule has 2 N–H and O–H groups in total. The fourth-order valence-corrected chi connectivity index (χ4v) is 2.78. The Hall–Kier alpha value is -1.59. The van der Waals surface area contributed by atoms with Gasteiger partial charge in [-0.3, -0.25) is 0 Å². The van der Waals surface area contributed by atoms with Gasteiger partial charge >= 0.3 is 0 Å². The van der Waals surface area contributed by atoms with Crippen molar-refractivity contribution in [2.45, 2.75) is 18.6 Å². The van der Waals surface area contributed by atoms with E-state index in [1.54, 1.807) is 12.1 Å². The average molecular weight is 339 g/mol. The zero-order valence-corrected chi connectivity index (χ0v) is 12.0. The van der Waals surface area contributed by atoms with Crippen LogP contribution in [0.5, 0.6) is 11.5 Å². The Bertz CT molecular complexity index is 639. The highest BCUT2D eigenvalue weighted by molar-refractivity contribution is 9.10. The second kappa shape index (κ2) is 5.07. The van der Waals surface area contributed by atoms with Gasteiger partial charge < -0.3 is 14.9 Å². The lowest BCUT2D eigenvalue weighted by Crippen LogP contribution is -2.19. The summed E-state index contributed by atoms with van der Waals surface area (Å²) in [5.41, 5.74) is 1.21. The minimum absolute atomic E-state index is 0.153. The van der Waals surface area contributed by atoms with Crippen LogP contribution in [0.1, 0.15) is 29.8 Å². The predicted molar refractivity (Wildman–Crippen MR) is 75.2 cm³/mol. The van der Waals surface area contributed by atoms with E-state index >= 15 is 0 Å². The maximum atomic E-state index is 13.3. The summed E-state index contributed by atoms with van der Waals surface area (Å²) < 4.78 is 20.0.